The fourth-order valence-corrected chi connectivity index (χ4v) is 1.62. The zero-order chi connectivity index (χ0) is 8.72. The van der Waals surface area contributed by atoms with E-state index in [1.807, 2.05) is 0 Å². The number of fused-ring (bicyclic) bond motifs is 1. The molecule has 1 aromatic carbocycles. The Morgan fingerprint density at radius 3 is 2.83 bits per heavy atom. The molecule has 0 fully saturated rings. The predicted molar refractivity (Wildman–Crippen MR) is 39.6 cm³/mol. The summed E-state index contributed by atoms with van der Waals surface area (Å²) in [6.07, 6.45) is 0.309. The average molecular weight is 170 g/mol. The van der Waals surface area contributed by atoms with Crippen molar-refractivity contribution in [1.82, 2.24) is 0 Å². The lowest BCUT2D eigenvalue weighted by Crippen LogP contribution is -1.94. The Kier molecular flexibility index (Phi) is 1.61. The summed E-state index contributed by atoms with van der Waals surface area (Å²) in [6, 6.07) is 2.06. The maximum absolute atomic E-state index is 13.0. The second kappa shape index (κ2) is 2.52. The Morgan fingerprint density at radius 1 is 1.33 bits per heavy atom. The molecule has 0 aromatic heterocycles. The lowest BCUT2D eigenvalue weighted by molar-refractivity contribution is 0.179. The van der Waals surface area contributed by atoms with Gasteiger partial charge in [-0.15, -0.1) is 0 Å². The molecule has 1 N–H and O–H groups in total. The predicted octanol–water partition coefficient (Wildman–Crippen LogP) is 1.94. The van der Waals surface area contributed by atoms with Gasteiger partial charge in [-0.1, -0.05) is 0 Å². The normalized spacial score (nSPS) is 21.1. The molecule has 0 radical (unpaired) electrons. The summed E-state index contributed by atoms with van der Waals surface area (Å²) in [5, 5.41) is 9.30. The van der Waals surface area contributed by atoms with Gasteiger partial charge in [0.15, 0.2) is 0 Å². The van der Waals surface area contributed by atoms with Gasteiger partial charge in [-0.05, 0) is 30.0 Å². The first-order chi connectivity index (χ1) is 5.68. The molecule has 0 amide bonds. The van der Waals surface area contributed by atoms with Crippen molar-refractivity contribution < 1.29 is 13.9 Å². The first kappa shape index (κ1) is 7.68. The van der Waals surface area contributed by atoms with Crippen molar-refractivity contribution in [3.63, 3.8) is 0 Å². The summed E-state index contributed by atoms with van der Waals surface area (Å²) < 4.78 is 25.6. The molecule has 1 aromatic rings. The van der Waals surface area contributed by atoms with Crippen LogP contribution in [0.25, 0.3) is 0 Å². The fourth-order valence-electron chi connectivity index (χ4n) is 1.62. The largest absolute Gasteiger partial charge is 0.388 e. The van der Waals surface area contributed by atoms with Crippen LogP contribution in [-0.2, 0) is 6.42 Å². The van der Waals surface area contributed by atoms with E-state index in [9.17, 15) is 13.9 Å². The third-order valence-corrected chi connectivity index (χ3v) is 2.22. The van der Waals surface area contributed by atoms with Crippen LogP contribution in [0.5, 0.6) is 0 Å². The number of hydrogen-bond donors (Lipinski definition) is 1. The van der Waals surface area contributed by atoms with Gasteiger partial charge >= 0.3 is 0 Å². The molecule has 12 heavy (non-hydrogen) atoms. The van der Waals surface area contributed by atoms with Crippen molar-refractivity contribution >= 4 is 0 Å². The topological polar surface area (TPSA) is 20.2 Å². The molecule has 1 nitrogen and oxygen atoms in total. The van der Waals surface area contributed by atoms with Gasteiger partial charge < -0.3 is 5.11 Å². The van der Waals surface area contributed by atoms with Crippen LogP contribution in [-0.4, -0.2) is 5.11 Å². The van der Waals surface area contributed by atoms with E-state index in [0.717, 1.165) is 6.07 Å². The number of halogens is 2. The van der Waals surface area contributed by atoms with E-state index in [2.05, 4.69) is 0 Å². The maximum atomic E-state index is 13.0. The van der Waals surface area contributed by atoms with Crippen molar-refractivity contribution in [2.75, 3.05) is 0 Å². The van der Waals surface area contributed by atoms with Gasteiger partial charge in [-0.25, -0.2) is 8.78 Å². The van der Waals surface area contributed by atoms with E-state index in [0.29, 0.717) is 24.0 Å². The summed E-state index contributed by atoms with van der Waals surface area (Å²) in [5.74, 6) is -1.16. The summed E-state index contributed by atoms with van der Waals surface area (Å²) in [5.41, 5.74) is 0.872. The number of benzene rings is 1. The number of rotatable bonds is 0. The van der Waals surface area contributed by atoms with E-state index in [4.69, 9.17) is 0 Å². The third kappa shape index (κ3) is 1.01. The first-order valence-electron chi connectivity index (χ1n) is 3.84. The molecule has 1 aliphatic rings. The van der Waals surface area contributed by atoms with Gasteiger partial charge in [-0.3, -0.25) is 0 Å². The lowest BCUT2D eigenvalue weighted by atomic mass is 10.1. The quantitative estimate of drug-likeness (QED) is 0.630. The maximum Gasteiger partial charge on any atom is 0.129 e. The van der Waals surface area contributed by atoms with Crippen LogP contribution < -0.4 is 0 Å². The number of hydrogen-bond acceptors (Lipinski definition) is 1. The minimum Gasteiger partial charge on any atom is -0.388 e. The number of aliphatic hydroxyl groups excluding tert-OH is 1. The monoisotopic (exact) mass is 170 g/mol. The second-order valence-corrected chi connectivity index (χ2v) is 3.01. The van der Waals surface area contributed by atoms with E-state index in [1.165, 1.54) is 6.07 Å². The molecule has 1 aliphatic carbocycles. The van der Waals surface area contributed by atoms with Crippen LogP contribution >= 0.6 is 0 Å². The zero-order valence-electron chi connectivity index (χ0n) is 6.35. The highest BCUT2D eigenvalue weighted by molar-refractivity contribution is 5.35. The highest BCUT2D eigenvalue weighted by Gasteiger charge is 2.23. The molecule has 64 valence electrons. The second-order valence-electron chi connectivity index (χ2n) is 3.01. The molecule has 0 spiro atoms. The first-order valence-corrected chi connectivity index (χ1v) is 3.84. The van der Waals surface area contributed by atoms with Gasteiger partial charge in [0.05, 0.1) is 6.10 Å². The van der Waals surface area contributed by atoms with Crippen LogP contribution in [0, 0.1) is 11.6 Å². The van der Waals surface area contributed by atoms with Gasteiger partial charge in [0.25, 0.3) is 0 Å². The van der Waals surface area contributed by atoms with Gasteiger partial charge in [-0.2, -0.15) is 0 Å². The van der Waals surface area contributed by atoms with Crippen molar-refractivity contribution in [3.8, 4) is 0 Å². The third-order valence-electron chi connectivity index (χ3n) is 2.22. The Balaban J connectivity index is 2.60. The summed E-state index contributed by atoms with van der Waals surface area (Å²) in [7, 11) is 0. The van der Waals surface area contributed by atoms with Crippen LogP contribution in [0.1, 0.15) is 23.7 Å². The molecule has 2 rings (SSSR count). The standard InChI is InChI=1S/C9H8F2O/c10-5-3-7-6(8(11)4-5)1-2-9(7)12/h3-4,9,12H,1-2H2/t9-/m0/s1. The van der Waals surface area contributed by atoms with E-state index >= 15 is 0 Å². The fraction of sp³-hybridized carbons (Fsp3) is 0.333. The molecule has 0 saturated carbocycles. The zero-order valence-corrected chi connectivity index (χ0v) is 6.35. The molecule has 0 saturated heterocycles. The van der Waals surface area contributed by atoms with Crippen molar-refractivity contribution in [2.45, 2.75) is 18.9 Å². The minimum atomic E-state index is -0.690. The molecular weight excluding hydrogens is 162 g/mol. The molecule has 0 unspecified atom stereocenters. The molecular formula is C9H8F2O. The van der Waals surface area contributed by atoms with Gasteiger partial charge in [0.2, 0.25) is 0 Å². The molecule has 3 heteroatoms. The van der Waals surface area contributed by atoms with E-state index in [-0.39, 0.29) is 0 Å². The van der Waals surface area contributed by atoms with Crippen molar-refractivity contribution in [1.29, 1.82) is 0 Å². The highest BCUT2D eigenvalue weighted by atomic mass is 19.1. The van der Waals surface area contributed by atoms with Crippen LogP contribution in [0.4, 0.5) is 8.78 Å². The molecule has 1 atom stereocenters. The van der Waals surface area contributed by atoms with Gasteiger partial charge in [0.1, 0.15) is 11.6 Å². The van der Waals surface area contributed by atoms with Crippen LogP contribution in [0.2, 0.25) is 0 Å². The van der Waals surface area contributed by atoms with Gasteiger partial charge in [0, 0.05) is 6.07 Å². The summed E-state index contributed by atoms with van der Waals surface area (Å²) in [4.78, 5) is 0. The smallest absolute Gasteiger partial charge is 0.129 e. The SMILES string of the molecule is O[C@H]1CCc2c(F)cc(F)cc21. The molecule has 0 bridgehead atoms. The molecule has 0 heterocycles. The average Bonchev–Trinajstić information content (AvgIpc) is 2.33. The highest BCUT2D eigenvalue weighted by Crippen LogP contribution is 2.32. The molecule has 0 aliphatic heterocycles. The van der Waals surface area contributed by atoms with Crippen LogP contribution in [0.15, 0.2) is 12.1 Å². The Hall–Kier alpha value is -0.960. The van der Waals surface area contributed by atoms with Crippen molar-refractivity contribution in [3.05, 3.63) is 34.9 Å². The summed E-state index contributed by atoms with van der Waals surface area (Å²) in [6.45, 7) is 0. The Labute approximate surface area is 68.6 Å². The lowest BCUT2D eigenvalue weighted by Gasteiger charge is -2.03. The van der Waals surface area contributed by atoms with Crippen molar-refractivity contribution in [2.24, 2.45) is 0 Å². The van der Waals surface area contributed by atoms with Crippen LogP contribution in [0.3, 0.4) is 0 Å². The minimum absolute atomic E-state index is 0.410. The summed E-state index contributed by atoms with van der Waals surface area (Å²) >= 11 is 0. The number of aliphatic hydroxyl groups is 1. The Bertz CT molecular complexity index is 323. The Morgan fingerprint density at radius 2 is 2.08 bits per heavy atom. The van der Waals surface area contributed by atoms with E-state index < -0.39 is 17.7 Å². The van der Waals surface area contributed by atoms with E-state index in [1.54, 1.807) is 0 Å².